The monoisotopic (exact) mass is 430 g/mol. The van der Waals surface area contributed by atoms with Crippen LogP contribution in [-0.4, -0.2) is 22.7 Å². The Bertz CT molecular complexity index is 834. The van der Waals surface area contributed by atoms with Crippen LogP contribution in [0.4, 0.5) is 5.69 Å². The maximum absolute atomic E-state index is 10.8. The van der Waals surface area contributed by atoms with Crippen LogP contribution in [0.15, 0.2) is 29.3 Å². The van der Waals surface area contributed by atoms with E-state index in [4.69, 9.17) is 5.14 Å². The Labute approximate surface area is 182 Å². The standard InChI is InChI=1S/C13H15NO.C9H14N2OS.CH5N/c15-8-14-13-11-5-1-3-9(11)7-10-4-2-6-12(10)13;1-7(2)5-8-3-4-9(6-11-8)13(10)12;1-2/h7-8H,1-6H2,(H,14,15);3-4,6-7H,5,10H2,1-2H3;2H2,1H3. The van der Waals surface area contributed by atoms with Crippen LogP contribution in [0.5, 0.6) is 0 Å². The van der Waals surface area contributed by atoms with Crippen molar-refractivity contribution in [1.29, 1.82) is 0 Å². The Morgan fingerprint density at radius 2 is 1.70 bits per heavy atom. The fourth-order valence-electron chi connectivity index (χ4n) is 4.12. The van der Waals surface area contributed by atoms with Crippen LogP contribution in [0.1, 0.15) is 54.6 Å². The van der Waals surface area contributed by atoms with Crippen LogP contribution in [-0.2, 0) is 47.9 Å². The molecule has 2 aromatic rings. The fraction of sp³-hybridized carbons (Fsp3) is 0.478. The molecule has 30 heavy (non-hydrogen) atoms. The van der Waals surface area contributed by atoms with Crippen LogP contribution in [0.3, 0.4) is 0 Å². The number of anilines is 1. The number of carbonyl (C=O) groups is 1. The second kappa shape index (κ2) is 11.9. The predicted molar refractivity (Wildman–Crippen MR) is 124 cm³/mol. The third-order valence-electron chi connectivity index (χ3n) is 5.32. The molecular weight excluding hydrogens is 396 g/mol. The molecule has 0 saturated carbocycles. The molecule has 0 spiro atoms. The zero-order chi connectivity index (χ0) is 22.1. The minimum absolute atomic E-state index is 0.576. The summed E-state index contributed by atoms with van der Waals surface area (Å²) >= 11 is 0. The van der Waals surface area contributed by atoms with Gasteiger partial charge in [0.15, 0.2) is 0 Å². The largest absolute Gasteiger partial charge is 0.333 e. The third kappa shape index (κ3) is 6.20. The van der Waals surface area contributed by atoms with Gasteiger partial charge in [-0.25, -0.2) is 9.35 Å². The smallest absolute Gasteiger partial charge is 0.211 e. The molecule has 1 aromatic carbocycles. The lowest BCUT2D eigenvalue weighted by molar-refractivity contribution is -0.105. The molecule has 6 nitrogen and oxygen atoms in total. The third-order valence-corrected chi connectivity index (χ3v) is 6.03. The molecule has 1 unspecified atom stereocenters. The molecule has 4 rings (SSSR count). The van der Waals surface area contributed by atoms with Crippen molar-refractivity contribution in [3.8, 4) is 0 Å². The average Bonchev–Trinajstić information content (AvgIpc) is 3.39. The van der Waals surface area contributed by atoms with Crippen molar-refractivity contribution in [3.63, 3.8) is 0 Å². The highest BCUT2D eigenvalue weighted by Crippen LogP contribution is 2.38. The van der Waals surface area contributed by atoms with E-state index in [1.807, 2.05) is 6.07 Å². The van der Waals surface area contributed by atoms with E-state index in [0.717, 1.165) is 37.1 Å². The van der Waals surface area contributed by atoms with Crippen molar-refractivity contribution in [2.45, 2.75) is 63.7 Å². The van der Waals surface area contributed by atoms with Crippen LogP contribution >= 0.6 is 0 Å². The summed E-state index contributed by atoms with van der Waals surface area (Å²) in [4.78, 5) is 15.4. The summed E-state index contributed by atoms with van der Waals surface area (Å²) in [6, 6.07) is 6.02. The van der Waals surface area contributed by atoms with Crippen LogP contribution in [0.2, 0.25) is 0 Å². The molecule has 0 saturated heterocycles. The number of pyridine rings is 1. The number of amides is 1. The first-order valence-electron chi connectivity index (χ1n) is 10.5. The van der Waals surface area contributed by atoms with Crippen molar-refractivity contribution in [2.24, 2.45) is 16.8 Å². The van der Waals surface area contributed by atoms with Crippen molar-refractivity contribution in [2.75, 3.05) is 12.4 Å². The molecule has 1 atom stereocenters. The summed E-state index contributed by atoms with van der Waals surface area (Å²) in [5.74, 6) is 0.585. The summed E-state index contributed by atoms with van der Waals surface area (Å²) in [5.41, 5.74) is 12.4. The van der Waals surface area contributed by atoms with Crippen LogP contribution in [0, 0.1) is 5.92 Å². The van der Waals surface area contributed by atoms with Gasteiger partial charge >= 0.3 is 0 Å². The SMILES string of the molecule is CC(C)Cc1ccc(S(N)=O)cn1.CN.O=CNc1c2c(cc3c1CCC3)CCC2. The maximum Gasteiger partial charge on any atom is 0.211 e. The van der Waals surface area contributed by atoms with Gasteiger partial charge in [-0.1, -0.05) is 19.9 Å². The first kappa shape index (κ1) is 24.2. The molecule has 1 heterocycles. The molecule has 0 fully saturated rings. The molecule has 0 radical (unpaired) electrons. The van der Waals surface area contributed by atoms with Gasteiger partial charge in [0.1, 0.15) is 11.0 Å². The Morgan fingerprint density at radius 3 is 2.13 bits per heavy atom. The first-order chi connectivity index (χ1) is 14.5. The van der Waals surface area contributed by atoms with E-state index in [9.17, 15) is 9.00 Å². The van der Waals surface area contributed by atoms with E-state index < -0.39 is 11.0 Å². The highest BCUT2D eigenvalue weighted by Gasteiger charge is 2.23. The lowest BCUT2D eigenvalue weighted by atomic mass is 9.99. The van der Waals surface area contributed by atoms with Gasteiger partial charge in [-0.15, -0.1) is 0 Å². The van der Waals surface area contributed by atoms with E-state index in [0.29, 0.717) is 10.8 Å². The Hall–Kier alpha value is -2.09. The number of hydrogen-bond acceptors (Lipinski definition) is 4. The topological polar surface area (TPSA) is 111 Å². The summed E-state index contributed by atoms with van der Waals surface area (Å²) < 4.78 is 10.8. The second-order valence-electron chi connectivity index (χ2n) is 7.88. The maximum atomic E-state index is 10.8. The highest BCUT2D eigenvalue weighted by molar-refractivity contribution is 7.82. The highest BCUT2D eigenvalue weighted by atomic mass is 32.2. The second-order valence-corrected chi connectivity index (χ2v) is 8.94. The van der Waals surface area contributed by atoms with E-state index in [-0.39, 0.29) is 0 Å². The number of nitrogens with zero attached hydrogens (tertiary/aromatic N) is 1. The van der Waals surface area contributed by atoms with Gasteiger partial charge in [-0.05, 0) is 92.3 Å². The molecule has 164 valence electrons. The van der Waals surface area contributed by atoms with Gasteiger partial charge in [0.25, 0.3) is 0 Å². The van der Waals surface area contributed by atoms with Gasteiger partial charge in [0, 0.05) is 17.6 Å². The number of nitrogens with one attached hydrogen (secondary N) is 1. The molecule has 2 aliphatic carbocycles. The zero-order valence-corrected chi connectivity index (χ0v) is 19.1. The van der Waals surface area contributed by atoms with Crippen molar-refractivity contribution in [3.05, 3.63) is 52.3 Å². The normalized spacial score (nSPS) is 14.6. The van der Waals surface area contributed by atoms with Gasteiger partial charge in [-0.2, -0.15) is 0 Å². The molecular formula is C23H34N4O2S. The van der Waals surface area contributed by atoms with Crippen molar-refractivity contribution < 1.29 is 9.00 Å². The number of carbonyl (C=O) groups excluding carboxylic acids is 1. The molecule has 0 bridgehead atoms. The van der Waals surface area contributed by atoms with Crippen molar-refractivity contribution >= 4 is 23.1 Å². The molecule has 1 aromatic heterocycles. The summed E-state index contributed by atoms with van der Waals surface area (Å²) in [6.45, 7) is 4.27. The number of hydrogen-bond donors (Lipinski definition) is 3. The molecule has 5 N–H and O–H groups in total. The summed E-state index contributed by atoms with van der Waals surface area (Å²) in [7, 11) is 0.0876. The first-order valence-corrected chi connectivity index (χ1v) is 11.8. The lowest BCUT2D eigenvalue weighted by Crippen LogP contribution is -2.04. The minimum atomic E-state index is -1.41. The van der Waals surface area contributed by atoms with Crippen LogP contribution < -0.4 is 16.2 Å². The van der Waals surface area contributed by atoms with Gasteiger partial charge < -0.3 is 11.1 Å². The number of rotatable bonds is 5. The van der Waals surface area contributed by atoms with Gasteiger partial charge in [0.2, 0.25) is 6.41 Å². The summed E-state index contributed by atoms with van der Waals surface area (Å²) in [6.07, 6.45) is 10.5. The minimum Gasteiger partial charge on any atom is -0.333 e. The molecule has 0 aliphatic heterocycles. The number of aryl methyl sites for hydroxylation is 2. The van der Waals surface area contributed by atoms with E-state index in [1.54, 1.807) is 12.3 Å². The lowest BCUT2D eigenvalue weighted by Gasteiger charge is -2.13. The van der Waals surface area contributed by atoms with E-state index in [2.05, 4.69) is 35.9 Å². The predicted octanol–water partition coefficient (Wildman–Crippen LogP) is 3.07. The Kier molecular flexibility index (Phi) is 9.62. The number of fused-ring (bicyclic) bond motifs is 2. The van der Waals surface area contributed by atoms with Crippen LogP contribution in [0.25, 0.3) is 0 Å². The summed E-state index contributed by atoms with van der Waals surface area (Å²) in [5, 5.41) is 8.12. The molecule has 7 heteroatoms. The molecule has 1 amide bonds. The Morgan fingerprint density at radius 1 is 1.10 bits per heavy atom. The van der Waals surface area contributed by atoms with E-state index in [1.165, 1.54) is 55.0 Å². The number of nitrogens with two attached hydrogens (primary N) is 2. The molecule has 2 aliphatic rings. The number of aromatic nitrogens is 1. The Balaban J connectivity index is 0.000000200. The van der Waals surface area contributed by atoms with Gasteiger partial charge in [0.05, 0.1) is 4.90 Å². The number of benzene rings is 1. The fourth-order valence-corrected chi connectivity index (χ4v) is 4.48. The van der Waals surface area contributed by atoms with E-state index >= 15 is 0 Å². The van der Waals surface area contributed by atoms with Gasteiger partial charge in [-0.3, -0.25) is 9.78 Å². The average molecular weight is 431 g/mol. The zero-order valence-electron chi connectivity index (χ0n) is 18.2. The quantitative estimate of drug-likeness (QED) is 0.633. The van der Waals surface area contributed by atoms with Crippen molar-refractivity contribution in [1.82, 2.24) is 4.98 Å².